The minimum atomic E-state index is 0. The van der Waals surface area contributed by atoms with Crippen LogP contribution < -0.4 is 0 Å². The van der Waals surface area contributed by atoms with Gasteiger partial charge in [0, 0.05) is 0 Å². The molecule has 0 rings (SSSR count). The fourth-order valence-electron chi connectivity index (χ4n) is 0. The maximum absolute atomic E-state index is 9.44. The Labute approximate surface area is 43.8 Å². The van der Waals surface area contributed by atoms with Crippen LogP contribution in [0.15, 0.2) is 0 Å². The lowest BCUT2D eigenvalue weighted by atomic mass is 10.6. The number of carbonyl (C=O) groups is 1. The number of carbonyl (C=O) groups excluding carboxylic acids is 1. The van der Waals surface area contributed by atoms with Crippen LogP contribution in [0.2, 0.25) is 0 Å². The lowest BCUT2D eigenvalue weighted by Gasteiger charge is -1.56. The minimum absolute atomic E-state index is 0. The zero-order valence-electron chi connectivity index (χ0n) is 4.56. The van der Waals surface area contributed by atoms with Crippen LogP contribution in [0.1, 0.15) is 13.8 Å². The van der Waals surface area contributed by atoms with Crippen molar-refractivity contribution in [1.29, 1.82) is 0 Å². The molecule has 0 aromatic rings. The third kappa shape index (κ3) is 80.5. The molecule has 0 aromatic carbocycles. The Balaban J connectivity index is -0.0000000480. The van der Waals surface area contributed by atoms with Crippen molar-refractivity contribution in [2.45, 2.75) is 13.8 Å². The van der Waals surface area contributed by atoms with Crippen LogP contribution in [0.25, 0.3) is 0 Å². The van der Waals surface area contributed by atoms with Crippen molar-refractivity contribution in [3.63, 3.8) is 0 Å². The van der Waals surface area contributed by atoms with Gasteiger partial charge in [0.05, 0.1) is 0 Å². The molecule has 2 nitrogen and oxygen atoms in total. The Morgan fingerprint density at radius 3 is 1.29 bits per heavy atom. The summed E-state index contributed by atoms with van der Waals surface area (Å²) in [7, 11) is 0. The molecule has 2 N–H and O–H groups in total. The highest BCUT2D eigenvalue weighted by Gasteiger charge is 1.62. The SMILES string of the molecule is C#C.CC(C)=O.O. The Morgan fingerprint density at radius 1 is 1.29 bits per heavy atom. The number of ketones is 1. The van der Waals surface area contributed by atoms with Gasteiger partial charge in [0.25, 0.3) is 0 Å². The van der Waals surface area contributed by atoms with Crippen molar-refractivity contribution >= 4 is 5.78 Å². The molecule has 0 unspecified atom stereocenters. The summed E-state index contributed by atoms with van der Waals surface area (Å²) in [6, 6.07) is 0. The molecule has 0 heterocycles. The predicted molar refractivity (Wildman–Crippen MR) is 29.9 cm³/mol. The summed E-state index contributed by atoms with van der Waals surface area (Å²) < 4.78 is 0. The highest BCUT2D eigenvalue weighted by atomic mass is 16.1. The van der Waals surface area contributed by atoms with Gasteiger partial charge in [-0.15, -0.1) is 12.8 Å². The highest BCUT2D eigenvalue weighted by molar-refractivity contribution is 5.72. The molecule has 0 amide bonds. The van der Waals surface area contributed by atoms with E-state index in [0.29, 0.717) is 0 Å². The Kier molecular flexibility index (Phi) is 44.5. The first-order valence-electron chi connectivity index (χ1n) is 1.54. The van der Waals surface area contributed by atoms with Crippen molar-refractivity contribution in [3.8, 4) is 12.8 Å². The van der Waals surface area contributed by atoms with Crippen molar-refractivity contribution in [3.05, 3.63) is 0 Å². The molecule has 0 aliphatic carbocycles. The summed E-state index contributed by atoms with van der Waals surface area (Å²) in [5.74, 6) is 0.167. The molecule has 0 spiro atoms. The molecule has 0 saturated carbocycles. The quantitative estimate of drug-likeness (QED) is 0.398. The van der Waals surface area contributed by atoms with Crippen molar-refractivity contribution < 1.29 is 10.3 Å². The topological polar surface area (TPSA) is 48.6 Å². The van der Waals surface area contributed by atoms with E-state index in [1.165, 1.54) is 13.8 Å². The van der Waals surface area contributed by atoms with Crippen LogP contribution in [0.4, 0.5) is 0 Å². The first-order chi connectivity index (χ1) is 2.73. The summed E-state index contributed by atoms with van der Waals surface area (Å²) in [6.07, 6.45) is 8.00. The number of hydrogen-bond donors (Lipinski definition) is 0. The van der Waals surface area contributed by atoms with Gasteiger partial charge in [0.2, 0.25) is 0 Å². The highest BCUT2D eigenvalue weighted by Crippen LogP contribution is 1.50. The zero-order chi connectivity index (χ0) is 5.58. The van der Waals surface area contributed by atoms with Crippen LogP contribution in [-0.2, 0) is 4.79 Å². The summed E-state index contributed by atoms with van der Waals surface area (Å²) >= 11 is 0. The maximum Gasteiger partial charge on any atom is 0.126 e. The second-order valence-electron chi connectivity index (χ2n) is 0.908. The Hall–Kier alpha value is -0.810. The lowest BCUT2D eigenvalue weighted by molar-refractivity contribution is -0.114. The van der Waals surface area contributed by atoms with Gasteiger partial charge in [0.1, 0.15) is 5.78 Å². The van der Waals surface area contributed by atoms with Crippen LogP contribution >= 0.6 is 0 Å². The third-order valence-corrected chi connectivity index (χ3v) is 0. The first-order valence-corrected chi connectivity index (χ1v) is 1.54. The lowest BCUT2D eigenvalue weighted by Crippen LogP contribution is -1.69. The molecular weight excluding hydrogens is 92.1 g/mol. The molecular formula is C5H10O2. The molecule has 0 radical (unpaired) electrons. The number of rotatable bonds is 0. The zero-order valence-corrected chi connectivity index (χ0v) is 4.56. The molecule has 0 bridgehead atoms. The minimum Gasteiger partial charge on any atom is -0.412 e. The molecule has 0 saturated heterocycles. The standard InChI is InChI=1S/C3H6O.C2H2.H2O/c1-3(2)4;1-2;/h1-2H3;1-2H;1H2. The molecule has 0 aliphatic heterocycles. The van der Waals surface area contributed by atoms with Gasteiger partial charge in [-0.25, -0.2) is 0 Å². The van der Waals surface area contributed by atoms with E-state index >= 15 is 0 Å². The largest absolute Gasteiger partial charge is 0.412 e. The number of hydrogen-bond acceptors (Lipinski definition) is 1. The first kappa shape index (κ1) is 16.4. The summed E-state index contributed by atoms with van der Waals surface area (Å²) in [6.45, 7) is 3.06. The van der Waals surface area contributed by atoms with Gasteiger partial charge < -0.3 is 10.3 Å². The van der Waals surface area contributed by atoms with Gasteiger partial charge >= 0.3 is 0 Å². The second-order valence-corrected chi connectivity index (χ2v) is 0.908. The predicted octanol–water partition coefficient (Wildman–Crippen LogP) is 0.0200. The van der Waals surface area contributed by atoms with E-state index in [9.17, 15) is 4.79 Å². The van der Waals surface area contributed by atoms with Gasteiger partial charge in [0.15, 0.2) is 0 Å². The Morgan fingerprint density at radius 2 is 1.29 bits per heavy atom. The molecule has 0 aliphatic rings. The number of terminal acetylenes is 1. The molecule has 7 heavy (non-hydrogen) atoms. The van der Waals surface area contributed by atoms with Gasteiger partial charge in [-0.1, -0.05) is 0 Å². The van der Waals surface area contributed by atoms with Crippen molar-refractivity contribution in [2.75, 3.05) is 0 Å². The Bertz CT molecular complexity index is 50.3. The van der Waals surface area contributed by atoms with E-state index in [1.807, 2.05) is 0 Å². The van der Waals surface area contributed by atoms with Gasteiger partial charge in [-0.3, -0.25) is 0 Å². The molecule has 0 atom stereocenters. The van der Waals surface area contributed by atoms with E-state index in [-0.39, 0.29) is 11.3 Å². The van der Waals surface area contributed by atoms with E-state index in [1.54, 1.807) is 0 Å². The average molecular weight is 102 g/mol. The fraction of sp³-hybridized carbons (Fsp3) is 0.400. The second kappa shape index (κ2) is 19.0. The van der Waals surface area contributed by atoms with Crippen LogP contribution in [0.3, 0.4) is 0 Å². The van der Waals surface area contributed by atoms with Crippen molar-refractivity contribution in [1.82, 2.24) is 0 Å². The summed E-state index contributed by atoms with van der Waals surface area (Å²) in [5, 5.41) is 0. The molecule has 0 fully saturated rings. The molecule has 42 valence electrons. The number of Topliss-reactive ketones (excluding diaryl/α,β-unsaturated/α-hetero) is 1. The van der Waals surface area contributed by atoms with Crippen LogP contribution in [0.5, 0.6) is 0 Å². The van der Waals surface area contributed by atoms with E-state index < -0.39 is 0 Å². The maximum atomic E-state index is 9.44. The van der Waals surface area contributed by atoms with Crippen LogP contribution in [-0.4, -0.2) is 11.3 Å². The third-order valence-electron chi connectivity index (χ3n) is 0. The van der Waals surface area contributed by atoms with Gasteiger partial charge in [-0.05, 0) is 13.8 Å². The van der Waals surface area contributed by atoms with Crippen molar-refractivity contribution in [2.24, 2.45) is 0 Å². The van der Waals surface area contributed by atoms with E-state index in [0.717, 1.165) is 0 Å². The molecule has 0 aromatic heterocycles. The normalized spacial score (nSPS) is 4.00. The summed E-state index contributed by atoms with van der Waals surface area (Å²) in [4.78, 5) is 9.44. The average Bonchev–Trinajstić information content (AvgIpc) is 1.41. The van der Waals surface area contributed by atoms with E-state index in [2.05, 4.69) is 12.8 Å². The van der Waals surface area contributed by atoms with Crippen LogP contribution in [0, 0.1) is 12.8 Å². The fourth-order valence-corrected chi connectivity index (χ4v) is 0. The smallest absolute Gasteiger partial charge is 0.126 e. The van der Waals surface area contributed by atoms with Gasteiger partial charge in [-0.2, -0.15) is 0 Å². The van der Waals surface area contributed by atoms with E-state index in [4.69, 9.17) is 0 Å². The monoisotopic (exact) mass is 102 g/mol. The summed E-state index contributed by atoms with van der Waals surface area (Å²) in [5.41, 5.74) is 0. The molecule has 2 heteroatoms.